The number of rotatable bonds is 7. The van der Waals surface area contributed by atoms with Crippen LogP contribution in [-0.2, 0) is 14.3 Å². The third kappa shape index (κ3) is 5.19. The zero-order valence-electron chi connectivity index (χ0n) is 17.5. The SMILES string of the molecule is COc1ccc2cc([C@H](C)C(=O)O[C@@H](C)C(=O)Nc3ccc(C(N)=O)cc3)ccc2c1. The van der Waals surface area contributed by atoms with Gasteiger partial charge >= 0.3 is 5.97 Å². The van der Waals surface area contributed by atoms with Crippen molar-refractivity contribution in [2.75, 3.05) is 12.4 Å². The second-order valence-electron chi connectivity index (χ2n) is 7.20. The van der Waals surface area contributed by atoms with E-state index in [-0.39, 0.29) is 0 Å². The van der Waals surface area contributed by atoms with Gasteiger partial charge in [-0.05, 0) is 66.6 Å². The highest BCUT2D eigenvalue weighted by molar-refractivity contribution is 5.97. The lowest BCUT2D eigenvalue weighted by Crippen LogP contribution is -2.31. The van der Waals surface area contributed by atoms with Crippen molar-refractivity contribution >= 4 is 34.2 Å². The third-order valence-electron chi connectivity index (χ3n) is 5.02. The van der Waals surface area contributed by atoms with Crippen molar-refractivity contribution < 1.29 is 23.9 Å². The molecule has 0 saturated carbocycles. The standard InChI is InChI=1S/C24H24N2O5/c1-14(17-4-5-19-13-21(30-3)11-8-18(19)12-17)24(29)31-15(2)23(28)26-20-9-6-16(7-10-20)22(25)27/h4-15H,1-3H3,(H2,25,27)(H,26,28)/t14-,15-/m0/s1. The van der Waals surface area contributed by atoms with Gasteiger partial charge in [-0.1, -0.05) is 24.3 Å². The summed E-state index contributed by atoms with van der Waals surface area (Å²) in [7, 11) is 1.61. The molecule has 3 aromatic carbocycles. The Labute approximate surface area is 180 Å². The van der Waals surface area contributed by atoms with Crippen molar-refractivity contribution in [1.29, 1.82) is 0 Å². The van der Waals surface area contributed by atoms with Gasteiger partial charge in [-0.25, -0.2) is 0 Å². The zero-order chi connectivity index (χ0) is 22.5. The number of benzene rings is 3. The molecule has 0 saturated heterocycles. The Hall–Kier alpha value is -3.87. The summed E-state index contributed by atoms with van der Waals surface area (Å²) in [6, 6.07) is 17.5. The monoisotopic (exact) mass is 420 g/mol. The van der Waals surface area contributed by atoms with Gasteiger partial charge in [-0.2, -0.15) is 0 Å². The van der Waals surface area contributed by atoms with Gasteiger partial charge in [0.2, 0.25) is 5.91 Å². The van der Waals surface area contributed by atoms with Crippen molar-refractivity contribution in [3.63, 3.8) is 0 Å². The Morgan fingerprint density at radius 1 is 0.903 bits per heavy atom. The molecule has 7 nitrogen and oxygen atoms in total. The quantitative estimate of drug-likeness (QED) is 0.568. The minimum atomic E-state index is -0.990. The van der Waals surface area contributed by atoms with Crippen LogP contribution in [0.5, 0.6) is 5.75 Å². The maximum atomic E-state index is 12.6. The van der Waals surface area contributed by atoms with E-state index in [9.17, 15) is 14.4 Å². The van der Waals surface area contributed by atoms with Crippen molar-refractivity contribution in [2.24, 2.45) is 5.73 Å². The van der Waals surface area contributed by atoms with Crippen LogP contribution < -0.4 is 15.8 Å². The fourth-order valence-electron chi connectivity index (χ4n) is 3.07. The number of ether oxygens (including phenoxy) is 2. The van der Waals surface area contributed by atoms with Crippen molar-refractivity contribution in [2.45, 2.75) is 25.9 Å². The Bertz CT molecular complexity index is 1120. The molecule has 0 spiro atoms. The number of amides is 2. The maximum absolute atomic E-state index is 12.6. The number of hydrogen-bond donors (Lipinski definition) is 2. The molecule has 3 rings (SSSR count). The molecule has 0 aromatic heterocycles. The smallest absolute Gasteiger partial charge is 0.313 e. The highest BCUT2D eigenvalue weighted by Crippen LogP contribution is 2.26. The number of carbonyl (C=O) groups is 3. The molecule has 31 heavy (non-hydrogen) atoms. The molecule has 0 aliphatic rings. The molecule has 2 amide bonds. The second kappa shape index (κ2) is 9.30. The summed E-state index contributed by atoms with van der Waals surface area (Å²) in [5.41, 5.74) is 6.79. The lowest BCUT2D eigenvalue weighted by atomic mass is 9.98. The highest BCUT2D eigenvalue weighted by Gasteiger charge is 2.23. The molecule has 3 aromatic rings. The maximum Gasteiger partial charge on any atom is 0.313 e. The summed E-state index contributed by atoms with van der Waals surface area (Å²) in [6.45, 7) is 3.24. The molecule has 0 unspecified atom stereocenters. The van der Waals surface area contributed by atoms with E-state index < -0.39 is 29.8 Å². The first-order chi connectivity index (χ1) is 14.8. The molecule has 7 heteroatoms. The Morgan fingerprint density at radius 3 is 2.19 bits per heavy atom. The van der Waals surface area contributed by atoms with Crippen molar-refractivity contribution in [3.05, 3.63) is 71.8 Å². The molecule has 2 atom stereocenters. The van der Waals surface area contributed by atoms with Gasteiger partial charge in [0.1, 0.15) is 5.75 Å². The number of hydrogen-bond acceptors (Lipinski definition) is 5. The number of fused-ring (bicyclic) bond motifs is 1. The Morgan fingerprint density at radius 2 is 1.55 bits per heavy atom. The van der Waals surface area contributed by atoms with E-state index in [4.69, 9.17) is 15.2 Å². The van der Waals surface area contributed by atoms with Crippen LogP contribution >= 0.6 is 0 Å². The van der Waals surface area contributed by atoms with Gasteiger partial charge in [-0.15, -0.1) is 0 Å². The lowest BCUT2D eigenvalue weighted by Gasteiger charge is -2.17. The molecule has 0 bridgehead atoms. The predicted molar refractivity (Wildman–Crippen MR) is 118 cm³/mol. The summed E-state index contributed by atoms with van der Waals surface area (Å²) in [5, 5.41) is 4.62. The average molecular weight is 420 g/mol. The van der Waals surface area contributed by atoms with Crippen LogP contribution in [0.3, 0.4) is 0 Å². The number of anilines is 1. The predicted octanol–water partition coefficient (Wildman–Crippen LogP) is 3.62. The normalized spacial score (nSPS) is 12.6. The van der Waals surface area contributed by atoms with Crippen LogP contribution in [0.4, 0.5) is 5.69 Å². The number of methoxy groups -OCH3 is 1. The molecule has 0 fully saturated rings. The minimum Gasteiger partial charge on any atom is -0.497 e. The van der Waals surface area contributed by atoms with E-state index in [0.717, 1.165) is 22.1 Å². The van der Waals surface area contributed by atoms with Gasteiger partial charge in [-0.3, -0.25) is 14.4 Å². The zero-order valence-corrected chi connectivity index (χ0v) is 17.5. The van der Waals surface area contributed by atoms with Crippen LogP contribution in [0, 0.1) is 0 Å². The lowest BCUT2D eigenvalue weighted by molar-refractivity contribution is -0.154. The Balaban J connectivity index is 1.63. The van der Waals surface area contributed by atoms with E-state index in [2.05, 4.69) is 5.32 Å². The molecule has 3 N–H and O–H groups in total. The topological polar surface area (TPSA) is 108 Å². The number of nitrogens with two attached hydrogens (primary N) is 1. The molecule has 160 valence electrons. The highest BCUT2D eigenvalue weighted by atomic mass is 16.5. The fraction of sp³-hybridized carbons (Fsp3) is 0.208. The van der Waals surface area contributed by atoms with E-state index in [1.165, 1.54) is 19.1 Å². The minimum absolute atomic E-state index is 0.333. The van der Waals surface area contributed by atoms with Gasteiger partial charge in [0, 0.05) is 11.3 Å². The van der Waals surface area contributed by atoms with Gasteiger partial charge in [0.15, 0.2) is 6.10 Å². The molecular formula is C24H24N2O5. The van der Waals surface area contributed by atoms with Crippen LogP contribution in [0.15, 0.2) is 60.7 Å². The molecule has 0 aliphatic carbocycles. The van der Waals surface area contributed by atoms with Crippen LogP contribution in [-0.4, -0.2) is 31.0 Å². The molecule has 0 heterocycles. The summed E-state index contributed by atoms with van der Waals surface area (Å²) < 4.78 is 10.6. The summed E-state index contributed by atoms with van der Waals surface area (Å²) in [6.07, 6.45) is -0.990. The average Bonchev–Trinajstić information content (AvgIpc) is 2.77. The molecule has 0 radical (unpaired) electrons. The number of primary amides is 1. The van der Waals surface area contributed by atoms with Crippen LogP contribution in [0.2, 0.25) is 0 Å². The van der Waals surface area contributed by atoms with Gasteiger partial charge < -0.3 is 20.5 Å². The van der Waals surface area contributed by atoms with Crippen LogP contribution in [0.1, 0.15) is 35.7 Å². The Kier molecular flexibility index (Phi) is 6.55. The number of carbonyl (C=O) groups excluding carboxylic acids is 3. The first kappa shape index (κ1) is 21.8. The van der Waals surface area contributed by atoms with Crippen molar-refractivity contribution in [3.8, 4) is 5.75 Å². The van der Waals surface area contributed by atoms with Crippen LogP contribution in [0.25, 0.3) is 10.8 Å². The molecule has 0 aliphatic heterocycles. The summed E-state index contributed by atoms with van der Waals surface area (Å²) in [4.78, 5) is 36.1. The van der Waals surface area contributed by atoms with Gasteiger partial charge in [0.25, 0.3) is 5.91 Å². The summed E-state index contributed by atoms with van der Waals surface area (Å²) >= 11 is 0. The van der Waals surface area contributed by atoms with E-state index in [0.29, 0.717) is 11.3 Å². The largest absolute Gasteiger partial charge is 0.497 e. The fourth-order valence-corrected chi connectivity index (χ4v) is 3.07. The first-order valence-electron chi connectivity index (χ1n) is 9.77. The van der Waals surface area contributed by atoms with E-state index in [1.54, 1.807) is 26.2 Å². The summed E-state index contributed by atoms with van der Waals surface area (Å²) in [5.74, 6) is -1.31. The molecular weight excluding hydrogens is 396 g/mol. The number of nitrogens with one attached hydrogen (secondary N) is 1. The van der Waals surface area contributed by atoms with Gasteiger partial charge in [0.05, 0.1) is 13.0 Å². The number of esters is 1. The van der Waals surface area contributed by atoms with Crippen molar-refractivity contribution in [1.82, 2.24) is 0 Å². The van der Waals surface area contributed by atoms with E-state index in [1.807, 2.05) is 36.4 Å². The first-order valence-corrected chi connectivity index (χ1v) is 9.77. The van der Waals surface area contributed by atoms with E-state index >= 15 is 0 Å². The third-order valence-corrected chi connectivity index (χ3v) is 5.02. The second-order valence-corrected chi connectivity index (χ2v) is 7.20.